The lowest BCUT2D eigenvalue weighted by Gasteiger charge is -2.06. The molecule has 0 atom stereocenters. The lowest BCUT2D eigenvalue weighted by molar-refractivity contribution is 0.626. The van der Waals surface area contributed by atoms with Crippen molar-refractivity contribution < 1.29 is 4.39 Å². The number of hydrogen-bond acceptors (Lipinski definition) is 3. The molecular formula is C19H13FN2OS. The van der Waals surface area contributed by atoms with E-state index in [0.29, 0.717) is 11.2 Å². The molecule has 0 aliphatic carbocycles. The van der Waals surface area contributed by atoms with E-state index >= 15 is 0 Å². The Hall–Kier alpha value is -2.79. The van der Waals surface area contributed by atoms with Crippen LogP contribution in [0.2, 0.25) is 0 Å². The summed E-state index contributed by atoms with van der Waals surface area (Å²) in [6, 6.07) is 16.0. The normalized spacial score (nSPS) is 11.0. The second-order valence-corrected chi connectivity index (χ2v) is 6.38. The Morgan fingerprint density at radius 2 is 1.79 bits per heavy atom. The average molecular weight is 336 g/mol. The van der Waals surface area contributed by atoms with Crippen molar-refractivity contribution in [1.29, 1.82) is 0 Å². The van der Waals surface area contributed by atoms with Gasteiger partial charge in [0.2, 0.25) is 0 Å². The summed E-state index contributed by atoms with van der Waals surface area (Å²) in [5.41, 5.74) is 3.54. The number of aromatic nitrogens is 2. The van der Waals surface area contributed by atoms with Crippen molar-refractivity contribution in [3.63, 3.8) is 0 Å². The summed E-state index contributed by atoms with van der Waals surface area (Å²) in [6.07, 6.45) is 1.56. The summed E-state index contributed by atoms with van der Waals surface area (Å²) in [5.74, 6) is -0.287. The Labute approximate surface area is 141 Å². The Kier molecular flexibility index (Phi) is 3.70. The molecule has 0 unspecified atom stereocenters. The smallest absolute Gasteiger partial charge is 0.271 e. The van der Waals surface area contributed by atoms with Crippen molar-refractivity contribution in [3.8, 4) is 11.1 Å². The Balaban J connectivity index is 1.77. The summed E-state index contributed by atoms with van der Waals surface area (Å²) < 4.78 is 15.2. The van der Waals surface area contributed by atoms with Crippen molar-refractivity contribution >= 4 is 21.6 Å². The van der Waals surface area contributed by atoms with Crippen molar-refractivity contribution in [2.75, 3.05) is 0 Å². The predicted molar refractivity (Wildman–Crippen MR) is 94.8 cm³/mol. The molecule has 0 N–H and O–H groups in total. The Morgan fingerprint density at radius 3 is 2.54 bits per heavy atom. The van der Waals surface area contributed by atoms with Crippen molar-refractivity contribution in [1.82, 2.24) is 9.55 Å². The van der Waals surface area contributed by atoms with Crippen LogP contribution in [0.3, 0.4) is 0 Å². The number of thiophene rings is 1. The quantitative estimate of drug-likeness (QED) is 0.559. The standard InChI is InChI=1S/C19H13FN2OS/c20-15-8-6-13(7-9-15)10-22-12-21-17-16(11-24-18(17)19(22)23)14-4-2-1-3-5-14/h1-9,11-12H,10H2. The average Bonchev–Trinajstić information content (AvgIpc) is 3.05. The zero-order chi connectivity index (χ0) is 16.5. The molecule has 118 valence electrons. The highest BCUT2D eigenvalue weighted by Gasteiger charge is 2.12. The molecule has 4 rings (SSSR count). The van der Waals surface area contributed by atoms with Crippen molar-refractivity contribution in [2.24, 2.45) is 0 Å². The van der Waals surface area contributed by atoms with Gasteiger partial charge in [-0.1, -0.05) is 42.5 Å². The zero-order valence-corrected chi connectivity index (χ0v) is 13.5. The number of benzene rings is 2. The molecule has 0 saturated carbocycles. The van der Waals surface area contributed by atoms with Crippen LogP contribution >= 0.6 is 11.3 Å². The molecule has 2 aromatic carbocycles. The highest BCUT2D eigenvalue weighted by Crippen LogP contribution is 2.30. The molecule has 0 bridgehead atoms. The van der Waals surface area contributed by atoms with Gasteiger partial charge < -0.3 is 0 Å². The second kappa shape index (κ2) is 6.02. The van der Waals surface area contributed by atoms with Gasteiger partial charge in [0.15, 0.2) is 0 Å². The van der Waals surface area contributed by atoms with Crippen LogP contribution in [0.25, 0.3) is 21.3 Å². The molecule has 0 spiro atoms. The van der Waals surface area contributed by atoms with E-state index in [4.69, 9.17) is 0 Å². The summed E-state index contributed by atoms with van der Waals surface area (Å²) in [6.45, 7) is 0.376. The van der Waals surface area contributed by atoms with Gasteiger partial charge in [-0.15, -0.1) is 11.3 Å². The SMILES string of the molecule is O=c1c2scc(-c3ccccc3)c2ncn1Cc1ccc(F)cc1. The first-order valence-corrected chi connectivity index (χ1v) is 8.37. The van der Waals surface area contributed by atoms with Gasteiger partial charge in [-0.2, -0.15) is 0 Å². The van der Waals surface area contributed by atoms with Crippen LogP contribution in [0.4, 0.5) is 4.39 Å². The van der Waals surface area contributed by atoms with E-state index in [-0.39, 0.29) is 11.4 Å². The van der Waals surface area contributed by atoms with Crippen molar-refractivity contribution in [2.45, 2.75) is 6.54 Å². The molecule has 0 saturated heterocycles. The minimum Gasteiger partial charge on any atom is -0.294 e. The number of fused-ring (bicyclic) bond motifs is 1. The summed E-state index contributed by atoms with van der Waals surface area (Å²) in [5, 5.41) is 1.97. The molecule has 0 amide bonds. The van der Waals surface area contributed by atoms with Gasteiger partial charge >= 0.3 is 0 Å². The number of rotatable bonds is 3. The maximum absolute atomic E-state index is 13.0. The van der Waals surface area contributed by atoms with Crippen LogP contribution in [0.1, 0.15) is 5.56 Å². The topological polar surface area (TPSA) is 34.9 Å². The fourth-order valence-corrected chi connectivity index (χ4v) is 3.64. The minimum absolute atomic E-state index is 0.0727. The van der Waals surface area contributed by atoms with Crippen LogP contribution < -0.4 is 5.56 Å². The van der Waals surface area contributed by atoms with E-state index in [1.54, 1.807) is 23.0 Å². The van der Waals surface area contributed by atoms with Crippen LogP contribution in [-0.2, 0) is 6.54 Å². The van der Waals surface area contributed by atoms with Gasteiger partial charge in [-0.05, 0) is 23.3 Å². The predicted octanol–water partition coefficient (Wildman–Crippen LogP) is 4.31. The first kappa shape index (κ1) is 14.8. The maximum atomic E-state index is 13.0. The van der Waals surface area contributed by atoms with Gasteiger partial charge in [0.05, 0.1) is 18.4 Å². The molecule has 4 aromatic rings. The monoisotopic (exact) mass is 336 g/mol. The van der Waals surface area contributed by atoms with E-state index in [2.05, 4.69) is 4.98 Å². The molecule has 2 heterocycles. The van der Waals surface area contributed by atoms with Gasteiger partial charge in [-0.3, -0.25) is 9.36 Å². The molecule has 0 aliphatic heterocycles. The third-order valence-electron chi connectivity index (χ3n) is 3.90. The van der Waals surface area contributed by atoms with Crippen LogP contribution in [0.15, 0.2) is 71.1 Å². The number of hydrogen-bond donors (Lipinski definition) is 0. The fraction of sp³-hybridized carbons (Fsp3) is 0.0526. The molecule has 0 fully saturated rings. The van der Waals surface area contributed by atoms with Crippen LogP contribution in [0, 0.1) is 5.82 Å². The second-order valence-electron chi connectivity index (χ2n) is 5.50. The van der Waals surface area contributed by atoms with Crippen molar-refractivity contribution in [3.05, 3.63) is 88.0 Å². The molecular weight excluding hydrogens is 323 g/mol. The van der Waals surface area contributed by atoms with Crippen LogP contribution in [0.5, 0.6) is 0 Å². The molecule has 0 radical (unpaired) electrons. The minimum atomic E-state index is -0.287. The first-order chi connectivity index (χ1) is 11.7. The highest BCUT2D eigenvalue weighted by molar-refractivity contribution is 7.17. The summed E-state index contributed by atoms with van der Waals surface area (Å²) >= 11 is 1.41. The lowest BCUT2D eigenvalue weighted by Crippen LogP contribution is -2.20. The molecule has 2 aromatic heterocycles. The van der Waals surface area contributed by atoms with E-state index in [9.17, 15) is 9.18 Å². The molecule has 5 heteroatoms. The van der Waals surface area contributed by atoms with E-state index in [0.717, 1.165) is 22.2 Å². The first-order valence-electron chi connectivity index (χ1n) is 7.49. The van der Waals surface area contributed by atoms with Gasteiger partial charge in [0.1, 0.15) is 10.5 Å². The Morgan fingerprint density at radius 1 is 1.04 bits per heavy atom. The van der Waals surface area contributed by atoms with E-state index < -0.39 is 0 Å². The molecule has 0 aliphatic rings. The largest absolute Gasteiger partial charge is 0.294 e. The molecule has 3 nitrogen and oxygen atoms in total. The molecule has 24 heavy (non-hydrogen) atoms. The zero-order valence-electron chi connectivity index (χ0n) is 12.6. The third-order valence-corrected chi connectivity index (χ3v) is 4.85. The van der Waals surface area contributed by atoms with Gasteiger partial charge in [0.25, 0.3) is 5.56 Å². The van der Waals surface area contributed by atoms with Crippen LogP contribution in [-0.4, -0.2) is 9.55 Å². The fourth-order valence-electron chi connectivity index (χ4n) is 2.66. The number of halogens is 1. The third kappa shape index (κ3) is 2.63. The highest BCUT2D eigenvalue weighted by atomic mass is 32.1. The number of nitrogens with zero attached hydrogens (tertiary/aromatic N) is 2. The maximum Gasteiger partial charge on any atom is 0.271 e. The summed E-state index contributed by atoms with van der Waals surface area (Å²) in [4.78, 5) is 17.2. The van der Waals surface area contributed by atoms with Gasteiger partial charge in [0, 0.05) is 10.9 Å². The van der Waals surface area contributed by atoms with E-state index in [1.807, 2.05) is 35.7 Å². The summed E-state index contributed by atoms with van der Waals surface area (Å²) in [7, 11) is 0. The Bertz CT molecular complexity index is 1050. The van der Waals surface area contributed by atoms with Gasteiger partial charge in [-0.25, -0.2) is 9.37 Å². The van der Waals surface area contributed by atoms with E-state index in [1.165, 1.54) is 23.5 Å². The lowest BCUT2D eigenvalue weighted by atomic mass is 10.1.